The fraction of sp³-hybridized carbons (Fsp3) is 0.941. The predicted octanol–water partition coefficient (Wildman–Crippen LogP) is 3.34. The van der Waals surface area contributed by atoms with Crippen LogP contribution in [0.25, 0.3) is 0 Å². The zero-order valence-corrected chi connectivity index (χ0v) is 14.1. The van der Waals surface area contributed by atoms with Crippen molar-refractivity contribution in [3.63, 3.8) is 0 Å². The number of nitrogens with one attached hydrogen (secondary N) is 1. The first-order valence-electron chi connectivity index (χ1n) is 8.63. The quantitative estimate of drug-likeness (QED) is 0.419. The van der Waals surface area contributed by atoms with Crippen LogP contribution in [0.2, 0.25) is 0 Å². The zero-order chi connectivity index (χ0) is 15.6. The van der Waals surface area contributed by atoms with E-state index in [0.29, 0.717) is 5.78 Å². The lowest BCUT2D eigenvalue weighted by atomic mass is 10.1. The summed E-state index contributed by atoms with van der Waals surface area (Å²) in [5, 5.41) is 3.06. The number of likely N-dealkylation sites (N-methyl/N-ethyl adjacent to an activating group) is 1. The van der Waals surface area contributed by atoms with Gasteiger partial charge in [-0.2, -0.15) is 0 Å². The van der Waals surface area contributed by atoms with E-state index in [0.717, 1.165) is 84.3 Å². The highest BCUT2D eigenvalue weighted by Crippen LogP contribution is 2.04. The number of hydrogen-bond donors (Lipinski definition) is 1. The van der Waals surface area contributed by atoms with Gasteiger partial charge in [0.2, 0.25) is 0 Å². The monoisotopic (exact) mass is 301 g/mol. The van der Waals surface area contributed by atoms with Gasteiger partial charge in [0.1, 0.15) is 5.78 Å². The van der Waals surface area contributed by atoms with E-state index in [1.807, 2.05) is 7.05 Å². The van der Waals surface area contributed by atoms with Crippen LogP contribution in [0.3, 0.4) is 0 Å². The van der Waals surface area contributed by atoms with Crippen molar-refractivity contribution in [3.05, 3.63) is 0 Å². The Morgan fingerprint density at radius 2 is 1.38 bits per heavy atom. The van der Waals surface area contributed by atoms with Gasteiger partial charge in [0.05, 0.1) is 6.61 Å². The molecular weight excluding hydrogens is 266 g/mol. The SMILES string of the molecule is CCCC(=O)CCCCCOCCCCCOCCNC. The summed E-state index contributed by atoms with van der Waals surface area (Å²) in [5.74, 6) is 0.412. The molecule has 0 saturated heterocycles. The van der Waals surface area contributed by atoms with E-state index >= 15 is 0 Å². The summed E-state index contributed by atoms with van der Waals surface area (Å²) >= 11 is 0. The maximum atomic E-state index is 11.3. The molecule has 4 nitrogen and oxygen atoms in total. The zero-order valence-electron chi connectivity index (χ0n) is 14.1. The molecule has 21 heavy (non-hydrogen) atoms. The van der Waals surface area contributed by atoms with Crippen molar-refractivity contribution < 1.29 is 14.3 Å². The Morgan fingerprint density at radius 3 is 1.95 bits per heavy atom. The average Bonchev–Trinajstić information content (AvgIpc) is 2.48. The largest absolute Gasteiger partial charge is 0.381 e. The van der Waals surface area contributed by atoms with Crippen LogP contribution in [-0.2, 0) is 14.3 Å². The summed E-state index contributed by atoms with van der Waals surface area (Å²) in [5.41, 5.74) is 0. The number of carbonyl (C=O) groups is 1. The summed E-state index contributed by atoms with van der Waals surface area (Å²) < 4.78 is 11.0. The summed E-state index contributed by atoms with van der Waals surface area (Å²) in [6.07, 6.45) is 9.08. The van der Waals surface area contributed by atoms with E-state index in [1.54, 1.807) is 0 Å². The molecule has 0 aromatic heterocycles. The van der Waals surface area contributed by atoms with Crippen LogP contribution in [0.5, 0.6) is 0 Å². The summed E-state index contributed by atoms with van der Waals surface area (Å²) in [6, 6.07) is 0. The van der Waals surface area contributed by atoms with Crippen LogP contribution in [0.1, 0.15) is 64.7 Å². The number of unbranched alkanes of at least 4 members (excludes halogenated alkanes) is 4. The average molecular weight is 301 g/mol. The fourth-order valence-corrected chi connectivity index (χ4v) is 2.07. The topological polar surface area (TPSA) is 47.6 Å². The Balaban J connectivity index is 3.01. The van der Waals surface area contributed by atoms with E-state index in [1.165, 1.54) is 6.42 Å². The van der Waals surface area contributed by atoms with Crippen LogP contribution in [0.4, 0.5) is 0 Å². The highest BCUT2D eigenvalue weighted by atomic mass is 16.5. The lowest BCUT2D eigenvalue weighted by Gasteiger charge is -2.05. The molecule has 0 aliphatic carbocycles. The number of rotatable bonds is 17. The van der Waals surface area contributed by atoms with Gasteiger partial charge < -0.3 is 14.8 Å². The van der Waals surface area contributed by atoms with Crippen molar-refractivity contribution in [2.24, 2.45) is 0 Å². The number of ketones is 1. The third kappa shape index (κ3) is 17.5. The molecule has 0 aliphatic heterocycles. The van der Waals surface area contributed by atoms with Gasteiger partial charge in [-0.25, -0.2) is 0 Å². The first kappa shape index (κ1) is 20.6. The van der Waals surface area contributed by atoms with Gasteiger partial charge in [0.25, 0.3) is 0 Å². The third-order valence-electron chi connectivity index (χ3n) is 3.35. The Morgan fingerprint density at radius 1 is 0.810 bits per heavy atom. The molecule has 0 radical (unpaired) electrons. The van der Waals surface area contributed by atoms with Gasteiger partial charge in [-0.05, 0) is 45.6 Å². The number of ether oxygens (including phenoxy) is 2. The van der Waals surface area contributed by atoms with Crippen LogP contribution in [-0.4, -0.2) is 45.8 Å². The van der Waals surface area contributed by atoms with Crippen molar-refractivity contribution in [2.75, 3.05) is 40.0 Å². The molecule has 0 heterocycles. The molecule has 0 aromatic rings. The number of carbonyl (C=O) groups excluding carboxylic acids is 1. The van der Waals surface area contributed by atoms with Crippen LogP contribution in [0, 0.1) is 0 Å². The molecule has 126 valence electrons. The third-order valence-corrected chi connectivity index (χ3v) is 3.35. The summed E-state index contributed by atoms with van der Waals surface area (Å²) in [4.78, 5) is 11.3. The molecule has 0 fully saturated rings. The van der Waals surface area contributed by atoms with E-state index in [2.05, 4.69) is 12.2 Å². The maximum Gasteiger partial charge on any atom is 0.132 e. The normalized spacial score (nSPS) is 11.0. The molecule has 1 N–H and O–H groups in total. The van der Waals surface area contributed by atoms with E-state index in [9.17, 15) is 4.79 Å². The van der Waals surface area contributed by atoms with E-state index in [4.69, 9.17) is 9.47 Å². The van der Waals surface area contributed by atoms with Crippen molar-refractivity contribution in [2.45, 2.75) is 64.7 Å². The molecule has 0 atom stereocenters. The first-order valence-corrected chi connectivity index (χ1v) is 8.63. The standard InChI is InChI=1S/C17H35NO3/c1-3-10-17(19)11-6-4-7-13-20-14-8-5-9-15-21-16-12-18-2/h18H,3-16H2,1-2H3. The van der Waals surface area contributed by atoms with E-state index < -0.39 is 0 Å². The number of Topliss-reactive ketones (excluding diaryl/α,β-unsaturated/α-hetero) is 1. The van der Waals surface area contributed by atoms with E-state index in [-0.39, 0.29) is 0 Å². The minimum atomic E-state index is 0.412. The molecule has 4 heteroatoms. The predicted molar refractivity (Wildman–Crippen MR) is 87.8 cm³/mol. The highest BCUT2D eigenvalue weighted by molar-refractivity contribution is 5.78. The molecule has 0 unspecified atom stereocenters. The minimum absolute atomic E-state index is 0.412. The van der Waals surface area contributed by atoms with Crippen LogP contribution in [0.15, 0.2) is 0 Å². The molecule has 0 spiro atoms. The van der Waals surface area contributed by atoms with Gasteiger partial charge in [0.15, 0.2) is 0 Å². The van der Waals surface area contributed by atoms with Gasteiger partial charge in [-0.1, -0.05) is 13.3 Å². The Kier molecular flexibility index (Phi) is 17.2. The van der Waals surface area contributed by atoms with Crippen molar-refractivity contribution >= 4 is 5.78 Å². The lowest BCUT2D eigenvalue weighted by molar-refractivity contribution is -0.119. The Bertz CT molecular complexity index is 222. The maximum absolute atomic E-state index is 11.3. The Labute approximate surface area is 131 Å². The summed E-state index contributed by atoms with van der Waals surface area (Å²) in [6.45, 7) is 6.32. The summed E-state index contributed by atoms with van der Waals surface area (Å²) in [7, 11) is 1.93. The molecule has 0 aliphatic rings. The molecule has 0 amide bonds. The first-order chi connectivity index (χ1) is 10.3. The molecule has 0 aromatic carbocycles. The Hall–Kier alpha value is -0.450. The molecule has 0 saturated carbocycles. The van der Waals surface area contributed by atoms with Crippen molar-refractivity contribution in [1.29, 1.82) is 0 Å². The smallest absolute Gasteiger partial charge is 0.132 e. The fourth-order valence-electron chi connectivity index (χ4n) is 2.07. The van der Waals surface area contributed by atoms with Gasteiger partial charge in [0, 0.05) is 39.2 Å². The van der Waals surface area contributed by atoms with Crippen molar-refractivity contribution in [3.8, 4) is 0 Å². The highest BCUT2D eigenvalue weighted by Gasteiger charge is 1.99. The second-order valence-electron chi connectivity index (χ2n) is 5.49. The van der Waals surface area contributed by atoms with Gasteiger partial charge in [-0.3, -0.25) is 4.79 Å². The second kappa shape index (κ2) is 17.6. The van der Waals surface area contributed by atoms with Crippen LogP contribution >= 0.6 is 0 Å². The lowest BCUT2D eigenvalue weighted by Crippen LogP contribution is -2.14. The van der Waals surface area contributed by atoms with Gasteiger partial charge in [-0.15, -0.1) is 0 Å². The molecule has 0 bridgehead atoms. The van der Waals surface area contributed by atoms with Crippen molar-refractivity contribution in [1.82, 2.24) is 5.32 Å². The van der Waals surface area contributed by atoms with Crippen LogP contribution < -0.4 is 5.32 Å². The molecular formula is C17H35NO3. The molecule has 0 rings (SSSR count). The second-order valence-corrected chi connectivity index (χ2v) is 5.49. The minimum Gasteiger partial charge on any atom is -0.381 e. The number of hydrogen-bond acceptors (Lipinski definition) is 4. The van der Waals surface area contributed by atoms with Gasteiger partial charge >= 0.3 is 0 Å².